The van der Waals surface area contributed by atoms with Crippen molar-refractivity contribution in [3.8, 4) is 0 Å². The van der Waals surface area contributed by atoms with Crippen LogP contribution in [0.2, 0.25) is 0 Å². The number of rotatable bonds is 12. The summed E-state index contributed by atoms with van der Waals surface area (Å²) in [6.07, 6.45) is -10.2. The quantitative estimate of drug-likeness (QED) is 0.124. The van der Waals surface area contributed by atoms with E-state index in [1.165, 1.54) is 41.7 Å². The van der Waals surface area contributed by atoms with Gasteiger partial charge in [-0.05, 0) is 80.3 Å². The number of aliphatic hydroxyl groups is 2. The number of carbonyl (C=O) groups is 1. The molecule has 3 aromatic rings. The standard InChI is InChI=1S/C31H33F6NO4S/c1-4-42-29(41)13-19(2)28-12-11-25(43-28)14-20(3)38(17-26(39)21-7-5-9-23(15-21)30(32,33)34)18-27(40)22-8-6-10-24(16-22)31(35,36)37/h5-13,15-16,20,26-27,39-40H,4,14,17-18H2,1-3H3. The van der Waals surface area contributed by atoms with E-state index in [1.54, 1.807) is 25.7 Å². The summed E-state index contributed by atoms with van der Waals surface area (Å²) in [5.74, 6) is -0.471. The number of esters is 1. The summed E-state index contributed by atoms with van der Waals surface area (Å²) in [4.78, 5) is 15.1. The maximum Gasteiger partial charge on any atom is 0.416 e. The van der Waals surface area contributed by atoms with Gasteiger partial charge in [0.25, 0.3) is 0 Å². The Hall–Kier alpha value is -3.19. The average molecular weight is 630 g/mol. The van der Waals surface area contributed by atoms with Crippen molar-refractivity contribution < 1.29 is 46.1 Å². The molecule has 0 spiro atoms. The lowest BCUT2D eigenvalue weighted by Gasteiger charge is -2.33. The van der Waals surface area contributed by atoms with Crippen molar-refractivity contribution in [1.82, 2.24) is 4.90 Å². The van der Waals surface area contributed by atoms with Gasteiger partial charge in [-0.25, -0.2) is 4.79 Å². The van der Waals surface area contributed by atoms with E-state index < -0.39 is 47.7 Å². The fourth-order valence-corrected chi connectivity index (χ4v) is 5.58. The Labute approximate surface area is 250 Å². The zero-order valence-corrected chi connectivity index (χ0v) is 24.6. The number of benzene rings is 2. The molecule has 3 unspecified atom stereocenters. The number of allylic oxidation sites excluding steroid dienone is 1. The smallest absolute Gasteiger partial charge is 0.416 e. The van der Waals surface area contributed by atoms with Crippen LogP contribution < -0.4 is 0 Å². The molecular formula is C31H33F6NO4S. The molecule has 0 saturated carbocycles. The van der Waals surface area contributed by atoms with Gasteiger partial charge in [-0.2, -0.15) is 26.3 Å². The lowest BCUT2D eigenvalue weighted by atomic mass is 10.0. The van der Waals surface area contributed by atoms with E-state index in [0.29, 0.717) is 12.0 Å². The SMILES string of the molecule is CCOC(=O)C=C(C)c1ccc(CC(C)N(CC(O)c2cccc(C(F)(F)F)c2)CC(O)c2cccc(C(F)(F)F)c2)s1. The molecule has 12 heteroatoms. The summed E-state index contributed by atoms with van der Waals surface area (Å²) < 4.78 is 84.6. The number of nitrogens with zero attached hydrogens (tertiary/aromatic N) is 1. The minimum Gasteiger partial charge on any atom is -0.463 e. The van der Waals surface area contributed by atoms with Crippen molar-refractivity contribution in [3.63, 3.8) is 0 Å². The molecule has 0 aliphatic rings. The van der Waals surface area contributed by atoms with Gasteiger partial charge in [0.1, 0.15) is 0 Å². The average Bonchev–Trinajstić information content (AvgIpc) is 3.40. The normalized spacial score (nSPS) is 14.9. The van der Waals surface area contributed by atoms with Gasteiger partial charge in [0.05, 0.1) is 29.9 Å². The molecule has 234 valence electrons. The highest BCUT2D eigenvalue weighted by atomic mass is 32.1. The van der Waals surface area contributed by atoms with E-state index in [0.717, 1.165) is 34.0 Å². The Morgan fingerprint density at radius 1 is 0.907 bits per heavy atom. The van der Waals surface area contributed by atoms with Gasteiger partial charge in [0.15, 0.2) is 0 Å². The van der Waals surface area contributed by atoms with Crippen LogP contribution in [0.4, 0.5) is 26.3 Å². The van der Waals surface area contributed by atoms with Gasteiger partial charge in [-0.1, -0.05) is 24.3 Å². The van der Waals surface area contributed by atoms with Gasteiger partial charge < -0.3 is 14.9 Å². The predicted molar refractivity (Wildman–Crippen MR) is 152 cm³/mol. The third kappa shape index (κ3) is 9.92. The number of halogens is 6. The first-order chi connectivity index (χ1) is 20.1. The molecule has 2 aromatic carbocycles. The van der Waals surface area contributed by atoms with Gasteiger partial charge in [0.2, 0.25) is 0 Å². The third-order valence-corrected chi connectivity index (χ3v) is 8.05. The maximum absolute atomic E-state index is 13.3. The lowest BCUT2D eigenvalue weighted by Crippen LogP contribution is -2.40. The highest BCUT2D eigenvalue weighted by molar-refractivity contribution is 7.13. The van der Waals surface area contributed by atoms with Crippen LogP contribution in [0.25, 0.3) is 5.57 Å². The minimum atomic E-state index is -4.61. The highest BCUT2D eigenvalue weighted by Crippen LogP contribution is 2.33. The van der Waals surface area contributed by atoms with Crippen molar-refractivity contribution in [1.29, 1.82) is 0 Å². The largest absolute Gasteiger partial charge is 0.463 e. The van der Waals surface area contributed by atoms with Crippen LogP contribution in [0.15, 0.2) is 66.7 Å². The van der Waals surface area contributed by atoms with E-state index >= 15 is 0 Å². The molecule has 0 fully saturated rings. The molecule has 0 radical (unpaired) electrons. The molecular weight excluding hydrogens is 596 g/mol. The molecule has 3 rings (SSSR count). The first-order valence-corrected chi connectivity index (χ1v) is 14.3. The maximum atomic E-state index is 13.3. The topological polar surface area (TPSA) is 70.0 Å². The molecule has 0 saturated heterocycles. The summed E-state index contributed by atoms with van der Waals surface area (Å²) in [7, 11) is 0. The number of alkyl halides is 6. The molecule has 5 nitrogen and oxygen atoms in total. The predicted octanol–water partition coefficient (Wildman–Crippen LogP) is 7.45. The first kappa shape index (κ1) is 34.3. The molecule has 1 heterocycles. The lowest BCUT2D eigenvalue weighted by molar-refractivity contribution is -0.138. The second-order valence-corrected chi connectivity index (χ2v) is 11.3. The van der Waals surface area contributed by atoms with E-state index in [-0.39, 0.29) is 30.8 Å². The van der Waals surface area contributed by atoms with Crippen LogP contribution in [0, 0.1) is 0 Å². The molecule has 0 amide bonds. The van der Waals surface area contributed by atoms with Gasteiger partial charge in [0, 0.05) is 35.0 Å². The Kier molecular flexibility index (Phi) is 11.6. The number of hydrogen-bond acceptors (Lipinski definition) is 6. The highest BCUT2D eigenvalue weighted by Gasteiger charge is 2.33. The van der Waals surface area contributed by atoms with Crippen LogP contribution in [0.1, 0.15) is 65.0 Å². The molecule has 3 atom stereocenters. The van der Waals surface area contributed by atoms with Crippen molar-refractivity contribution in [2.24, 2.45) is 0 Å². The summed E-state index contributed by atoms with van der Waals surface area (Å²) >= 11 is 1.41. The van der Waals surface area contributed by atoms with Crippen LogP contribution in [0.3, 0.4) is 0 Å². The second-order valence-electron chi connectivity index (χ2n) is 10.1. The van der Waals surface area contributed by atoms with E-state index in [2.05, 4.69) is 0 Å². The van der Waals surface area contributed by atoms with Crippen molar-refractivity contribution >= 4 is 22.9 Å². The summed E-state index contributed by atoms with van der Waals surface area (Å²) in [6.45, 7) is 5.10. The number of thiophene rings is 1. The second kappa shape index (κ2) is 14.5. The van der Waals surface area contributed by atoms with Gasteiger partial charge >= 0.3 is 18.3 Å². The molecule has 0 bridgehead atoms. The Morgan fingerprint density at radius 2 is 1.42 bits per heavy atom. The zero-order valence-electron chi connectivity index (χ0n) is 23.7. The number of ether oxygens (including phenoxy) is 1. The van der Waals surface area contributed by atoms with Crippen LogP contribution in [0.5, 0.6) is 0 Å². The summed E-state index contributed by atoms with van der Waals surface area (Å²) in [6, 6.07) is 11.8. The summed E-state index contributed by atoms with van der Waals surface area (Å²) in [5.41, 5.74) is -1.13. The number of aliphatic hydroxyl groups excluding tert-OH is 2. The number of hydrogen-bond donors (Lipinski definition) is 2. The molecule has 0 aliphatic heterocycles. The van der Waals surface area contributed by atoms with Gasteiger partial charge in [-0.15, -0.1) is 11.3 Å². The monoisotopic (exact) mass is 629 g/mol. The third-order valence-electron chi connectivity index (χ3n) is 6.80. The Balaban J connectivity index is 1.86. The fraction of sp³-hybridized carbons (Fsp3) is 0.387. The molecule has 0 aliphatic carbocycles. The van der Waals surface area contributed by atoms with Crippen molar-refractivity contribution in [2.75, 3.05) is 19.7 Å². The van der Waals surface area contributed by atoms with E-state index in [1.807, 2.05) is 12.1 Å². The number of carbonyl (C=O) groups excluding carboxylic acids is 1. The van der Waals surface area contributed by atoms with E-state index in [9.17, 15) is 41.4 Å². The Morgan fingerprint density at radius 3 is 1.88 bits per heavy atom. The zero-order chi connectivity index (χ0) is 31.9. The molecule has 2 N–H and O–H groups in total. The van der Waals surface area contributed by atoms with Crippen molar-refractivity contribution in [2.45, 2.75) is 57.8 Å². The fourth-order valence-electron chi connectivity index (χ4n) is 4.49. The first-order valence-electron chi connectivity index (χ1n) is 13.5. The van der Waals surface area contributed by atoms with Crippen molar-refractivity contribution in [3.05, 3.63) is 98.7 Å². The molecule has 1 aromatic heterocycles. The van der Waals surface area contributed by atoms with Crippen LogP contribution in [-0.2, 0) is 28.3 Å². The van der Waals surface area contributed by atoms with Gasteiger partial charge in [-0.3, -0.25) is 4.90 Å². The minimum absolute atomic E-state index is 0.0127. The van der Waals surface area contributed by atoms with Crippen LogP contribution >= 0.6 is 11.3 Å². The van der Waals surface area contributed by atoms with E-state index in [4.69, 9.17) is 4.74 Å². The summed E-state index contributed by atoms with van der Waals surface area (Å²) in [5, 5.41) is 21.9. The molecule has 43 heavy (non-hydrogen) atoms. The Bertz CT molecular complexity index is 1340. The van der Waals surface area contributed by atoms with Crippen LogP contribution in [-0.4, -0.2) is 46.8 Å².